The summed E-state index contributed by atoms with van der Waals surface area (Å²) in [5.41, 5.74) is 0. The van der Waals surface area contributed by atoms with Crippen LogP contribution in [-0.4, -0.2) is 44.6 Å². The van der Waals surface area contributed by atoms with Gasteiger partial charge in [-0.25, -0.2) is 8.42 Å². The van der Waals surface area contributed by atoms with Crippen molar-refractivity contribution in [2.45, 2.75) is 17.2 Å². The Morgan fingerprint density at radius 3 is 2.47 bits per heavy atom. The highest BCUT2D eigenvalue weighted by molar-refractivity contribution is 8.01. The number of thioether (sulfide) groups is 1. The van der Waals surface area contributed by atoms with Crippen molar-refractivity contribution in [1.29, 1.82) is 0 Å². The summed E-state index contributed by atoms with van der Waals surface area (Å²) >= 11 is 1.64. The van der Waals surface area contributed by atoms with Gasteiger partial charge in [-0.05, 0) is 19.1 Å². The van der Waals surface area contributed by atoms with E-state index < -0.39 is 10.0 Å². The van der Waals surface area contributed by atoms with E-state index in [-0.39, 0.29) is 10.3 Å². The Hall–Kier alpha value is -0.920. The van der Waals surface area contributed by atoms with Crippen LogP contribution in [0, 0.1) is 0 Å². The number of hydrogen-bond acceptors (Lipinski definition) is 5. The number of methoxy groups -OCH3 is 2. The predicted molar refractivity (Wildman–Crippen MR) is 75.4 cm³/mol. The molecular formula is C12H17NO4S2. The second-order valence-electron chi connectivity index (χ2n) is 4.10. The van der Waals surface area contributed by atoms with Gasteiger partial charge in [0.15, 0.2) is 11.5 Å². The molecule has 1 saturated heterocycles. The molecule has 1 unspecified atom stereocenters. The maximum absolute atomic E-state index is 12.5. The zero-order valence-electron chi connectivity index (χ0n) is 11.1. The molecule has 1 fully saturated rings. The zero-order valence-corrected chi connectivity index (χ0v) is 12.8. The molecule has 106 valence electrons. The number of rotatable bonds is 4. The van der Waals surface area contributed by atoms with Crippen LogP contribution in [0.2, 0.25) is 0 Å². The van der Waals surface area contributed by atoms with Crippen molar-refractivity contribution in [3.8, 4) is 11.5 Å². The van der Waals surface area contributed by atoms with Gasteiger partial charge in [-0.2, -0.15) is 4.31 Å². The molecule has 0 amide bonds. The van der Waals surface area contributed by atoms with E-state index in [1.54, 1.807) is 23.9 Å². The molecule has 1 heterocycles. The van der Waals surface area contributed by atoms with Gasteiger partial charge in [0, 0.05) is 18.4 Å². The summed E-state index contributed by atoms with van der Waals surface area (Å²) in [5, 5.41) is -0.0295. The summed E-state index contributed by atoms with van der Waals surface area (Å²) in [5.74, 6) is 1.77. The Labute approximate surface area is 117 Å². The molecule has 1 aliphatic heterocycles. The summed E-state index contributed by atoms with van der Waals surface area (Å²) in [6.07, 6.45) is 0. The fraction of sp³-hybridized carbons (Fsp3) is 0.500. The molecular weight excluding hydrogens is 286 g/mol. The van der Waals surface area contributed by atoms with Crippen molar-refractivity contribution < 1.29 is 17.9 Å². The van der Waals surface area contributed by atoms with E-state index in [0.717, 1.165) is 5.75 Å². The van der Waals surface area contributed by atoms with Gasteiger partial charge in [0.05, 0.1) is 24.5 Å². The lowest BCUT2D eigenvalue weighted by atomic mass is 10.3. The number of sulfonamides is 1. The highest BCUT2D eigenvalue weighted by Gasteiger charge is 2.33. The summed E-state index contributed by atoms with van der Waals surface area (Å²) < 4.78 is 36.8. The van der Waals surface area contributed by atoms with Crippen LogP contribution in [0.3, 0.4) is 0 Å². The fourth-order valence-electron chi connectivity index (χ4n) is 2.01. The van der Waals surface area contributed by atoms with Crippen LogP contribution >= 0.6 is 11.8 Å². The van der Waals surface area contributed by atoms with E-state index in [1.807, 2.05) is 6.92 Å². The Morgan fingerprint density at radius 2 is 1.95 bits per heavy atom. The highest BCUT2D eigenvalue weighted by atomic mass is 32.2. The SMILES string of the molecule is COc1ccc(S(=O)(=O)N2CCSC2C)cc1OC. The molecule has 0 bridgehead atoms. The van der Waals surface area contributed by atoms with Crippen molar-refractivity contribution in [2.24, 2.45) is 0 Å². The van der Waals surface area contributed by atoms with Gasteiger partial charge in [0.2, 0.25) is 10.0 Å². The Balaban J connectivity index is 2.40. The second kappa shape index (κ2) is 5.60. The van der Waals surface area contributed by atoms with Crippen LogP contribution in [0.5, 0.6) is 11.5 Å². The van der Waals surface area contributed by atoms with E-state index in [1.165, 1.54) is 24.6 Å². The van der Waals surface area contributed by atoms with Gasteiger partial charge in [-0.15, -0.1) is 11.8 Å². The number of ether oxygens (including phenoxy) is 2. The number of benzene rings is 1. The summed E-state index contributed by atoms with van der Waals surface area (Å²) in [6, 6.07) is 4.66. The third-order valence-electron chi connectivity index (χ3n) is 3.04. The van der Waals surface area contributed by atoms with E-state index in [4.69, 9.17) is 9.47 Å². The zero-order chi connectivity index (χ0) is 14.0. The smallest absolute Gasteiger partial charge is 0.244 e. The van der Waals surface area contributed by atoms with Crippen LogP contribution < -0.4 is 9.47 Å². The summed E-state index contributed by atoms with van der Waals surface area (Å²) in [6.45, 7) is 2.44. The molecule has 0 N–H and O–H groups in total. The minimum absolute atomic E-state index is 0.0295. The van der Waals surface area contributed by atoms with Crippen LogP contribution in [0.25, 0.3) is 0 Å². The minimum atomic E-state index is -3.47. The van der Waals surface area contributed by atoms with Gasteiger partial charge < -0.3 is 9.47 Å². The maximum Gasteiger partial charge on any atom is 0.244 e. The summed E-state index contributed by atoms with van der Waals surface area (Å²) in [4.78, 5) is 0.236. The van der Waals surface area contributed by atoms with E-state index >= 15 is 0 Å². The van der Waals surface area contributed by atoms with Crippen molar-refractivity contribution in [1.82, 2.24) is 4.31 Å². The lowest BCUT2D eigenvalue weighted by Crippen LogP contribution is -2.33. The average molecular weight is 303 g/mol. The fourth-order valence-corrected chi connectivity index (χ4v) is 5.05. The van der Waals surface area contributed by atoms with E-state index in [0.29, 0.717) is 18.0 Å². The second-order valence-corrected chi connectivity index (χ2v) is 7.42. The molecule has 2 rings (SSSR count). The monoisotopic (exact) mass is 303 g/mol. The molecule has 0 aliphatic carbocycles. The Morgan fingerprint density at radius 1 is 1.26 bits per heavy atom. The van der Waals surface area contributed by atoms with Gasteiger partial charge >= 0.3 is 0 Å². The van der Waals surface area contributed by atoms with Gasteiger partial charge in [0.1, 0.15) is 0 Å². The van der Waals surface area contributed by atoms with Crippen molar-refractivity contribution in [3.63, 3.8) is 0 Å². The van der Waals surface area contributed by atoms with Crippen LogP contribution in [0.4, 0.5) is 0 Å². The third kappa shape index (κ3) is 2.68. The highest BCUT2D eigenvalue weighted by Crippen LogP contribution is 2.34. The molecule has 0 spiro atoms. The first-order chi connectivity index (χ1) is 9.00. The van der Waals surface area contributed by atoms with Gasteiger partial charge in [-0.1, -0.05) is 0 Å². The van der Waals surface area contributed by atoms with Crippen molar-refractivity contribution >= 4 is 21.8 Å². The molecule has 0 radical (unpaired) electrons. The average Bonchev–Trinajstić information content (AvgIpc) is 2.84. The Bertz CT molecular complexity index is 559. The molecule has 0 saturated carbocycles. The van der Waals surface area contributed by atoms with Gasteiger partial charge in [-0.3, -0.25) is 0 Å². The molecule has 1 aliphatic rings. The molecule has 1 atom stereocenters. The largest absolute Gasteiger partial charge is 0.493 e. The van der Waals surface area contributed by atoms with Crippen LogP contribution in [-0.2, 0) is 10.0 Å². The topological polar surface area (TPSA) is 55.8 Å². The standard InChI is InChI=1S/C12H17NO4S2/c1-9-13(6-7-18-9)19(14,15)10-4-5-11(16-2)12(8-10)17-3/h4-5,8-9H,6-7H2,1-3H3. The van der Waals surface area contributed by atoms with E-state index in [9.17, 15) is 8.42 Å². The summed E-state index contributed by atoms with van der Waals surface area (Å²) in [7, 11) is -0.461. The van der Waals surface area contributed by atoms with Crippen molar-refractivity contribution in [3.05, 3.63) is 18.2 Å². The number of nitrogens with zero attached hydrogens (tertiary/aromatic N) is 1. The van der Waals surface area contributed by atoms with Crippen molar-refractivity contribution in [2.75, 3.05) is 26.5 Å². The number of hydrogen-bond donors (Lipinski definition) is 0. The maximum atomic E-state index is 12.5. The molecule has 5 nitrogen and oxygen atoms in total. The first kappa shape index (κ1) is 14.5. The molecule has 19 heavy (non-hydrogen) atoms. The lowest BCUT2D eigenvalue weighted by molar-refractivity contribution is 0.353. The van der Waals surface area contributed by atoms with Crippen LogP contribution in [0.1, 0.15) is 6.92 Å². The first-order valence-corrected chi connectivity index (χ1v) is 8.35. The van der Waals surface area contributed by atoms with Crippen LogP contribution in [0.15, 0.2) is 23.1 Å². The molecule has 1 aromatic carbocycles. The third-order valence-corrected chi connectivity index (χ3v) is 6.29. The normalized spacial score (nSPS) is 20.5. The lowest BCUT2D eigenvalue weighted by Gasteiger charge is -2.20. The minimum Gasteiger partial charge on any atom is -0.493 e. The predicted octanol–water partition coefficient (Wildman–Crippen LogP) is 1.79. The quantitative estimate of drug-likeness (QED) is 0.849. The van der Waals surface area contributed by atoms with E-state index in [2.05, 4.69) is 0 Å². The molecule has 0 aromatic heterocycles. The van der Waals surface area contributed by atoms with Gasteiger partial charge in [0.25, 0.3) is 0 Å². The Kier molecular flexibility index (Phi) is 4.27. The first-order valence-electron chi connectivity index (χ1n) is 5.86. The molecule has 7 heteroatoms. The molecule has 1 aromatic rings.